The van der Waals surface area contributed by atoms with E-state index in [0.717, 1.165) is 18.5 Å². The highest BCUT2D eigenvalue weighted by atomic mass is 14.7. The summed E-state index contributed by atoms with van der Waals surface area (Å²) in [5.41, 5.74) is 18.2. The van der Waals surface area contributed by atoms with E-state index in [1.54, 1.807) is 0 Å². The van der Waals surface area contributed by atoms with E-state index in [9.17, 15) is 0 Å². The number of benzene rings is 7. The zero-order valence-electron chi connectivity index (χ0n) is 27.8. The molecule has 0 saturated heterocycles. The summed E-state index contributed by atoms with van der Waals surface area (Å²) in [5.74, 6) is 0. The van der Waals surface area contributed by atoms with Crippen molar-refractivity contribution in [2.45, 2.75) is 32.1 Å². The van der Waals surface area contributed by atoms with Gasteiger partial charge in [-0.25, -0.2) is 0 Å². The van der Waals surface area contributed by atoms with Gasteiger partial charge in [0, 0.05) is 17.2 Å². The van der Waals surface area contributed by atoms with E-state index in [0.29, 0.717) is 0 Å². The van der Waals surface area contributed by atoms with Crippen LogP contribution in [0.2, 0.25) is 0 Å². The summed E-state index contributed by atoms with van der Waals surface area (Å²) in [5, 5.41) is 5.22. The van der Waals surface area contributed by atoms with Gasteiger partial charge in [-0.15, -0.1) is 0 Å². The van der Waals surface area contributed by atoms with Crippen molar-refractivity contribution < 1.29 is 0 Å². The Hall–Kier alpha value is -5.79. The highest BCUT2D eigenvalue weighted by molar-refractivity contribution is 6.28. The van der Waals surface area contributed by atoms with Gasteiger partial charge in [0.1, 0.15) is 0 Å². The van der Waals surface area contributed by atoms with Gasteiger partial charge in [0.2, 0.25) is 0 Å². The van der Waals surface area contributed by atoms with Gasteiger partial charge in [0.05, 0.1) is 5.69 Å². The van der Waals surface area contributed by atoms with Crippen molar-refractivity contribution in [3.05, 3.63) is 163 Å². The van der Waals surface area contributed by atoms with Crippen LogP contribution in [0.4, 0.5) is 0 Å². The molecule has 2 aliphatic carbocycles. The van der Waals surface area contributed by atoms with Crippen molar-refractivity contribution in [2.24, 2.45) is 0 Å². The molecule has 0 radical (unpaired) electrons. The number of hydrogen-bond acceptors (Lipinski definition) is 1. The van der Waals surface area contributed by atoms with Crippen LogP contribution in [0.15, 0.2) is 152 Å². The Morgan fingerprint density at radius 1 is 0.429 bits per heavy atom. The van der Waals surface area contributed by atoms with Gasteiger partial charge >= 0.3 is 0 Å². The molecule has 1 heterocycles. The molecule has 0 N–H and O–H groups in total. The maximum atomic E-state index is 4.96. The number of fused-ring (bicyclic) bond motifs is 7. The summed E-state index contributed by atoms with van der Waals surface area (Å²) >= 11 is 0. The molecule has 1 aromatic heterocycles. The molecule has 8 aromatic rings. The fraction of sp³-hybridized carbons (Fsp3) is 0.104. The third-order valence-corrected chi connectivity index (χ3v) is 11.6. The third-order valence-electron chi connectivity index (χ3n) is 11.6. The molecule has 49 heavy (non-hydrogen) atoms. The van der Waals surface area contributed by atoms with Gasteiger partial charge in [-0.05, 0) is 113 Å². The molecule has 0 unspecified atom stereocenters. The summed E-state index contributed by atoms with van der Waals surface area (Å²) in [6, 6.07) is 54.2. The van der Waals surface area contributed by atoms with E-state index in [1.807, 2.05) is 6.20 Å². The number of aromatic nitrogens is 1. The van der Waals surface area contributed by atoms with Gasteiger partial charge in [0.15, 0.2) is 0 Å². The molecule has 7 aromatic carbocycles. The van der Waals surface area contributed by atoms with E-state index < -0.39 is 0 Å². The van der Waals surface area contributed by atoms with Crippen LogP contribution < -0.4 is 0 Å². The molecule has 0 fully saturated rings. The third kappa shape index (κ3) is 3.79. The molecule has 10 rings (SSSR count). The van der Waals surface area contributed by atoms with Crippen molar-refractivity contribution in [2.75, 3.05) is 0 Å². The van der Waals surface area contributed by atoms with E-state index in [4.69, 9.17) is 4.98 Å². The molecule has 0 amide bonds. The second-order valence-electron chi connectivity index (χ2n) is 13.6. The van der Waals surface area contributed by atoms with Crippen LogP contribution in [0, 0.1) is 0 Å². The lowest BCUT2D eigenvalue weighted by atomic mass is 9.74. The lowest BCUT2D eigenvalue weighted by molar-refractivity contribution is 0.490. The Bertz CT molecular complexity index is 2520. The highest BCUT2D eigenvalue weighted by Gasteiger charge is 2.41. The molecular formula is C48H35N. The molecule has 0 spiro atoms. The van der Waals surface area contributed by atoms with E-state index in [-0.39, 0.29) is 5.41 Å². The summed E-state index contributed by atoms with van der Waals surface area (Å²) in [6.07, 6.45) is 4.08. The minimum atomic E-state index is 0.0186. The first-order valence-corrected chi connectivity index (χ1v) is 17.6. The molecule has 2 aliphatic rings. The fourth-order valence-corrected chi connectivity index (χ4v) is 9.35. The van der Waals surface area contributed by atoms with Crippen molar-refractivity contribution in [1.82, 2.24) is 4.98 Å². The highest BCUT2D eigenvalue weighted by Crippen LogP contribution is 2.59. The molecule has 0 atom stereocenters. The Kier molecular flexibility index (Phi) is 6.11. The summed E-state index contributed by atoms with van der Waals surface area (Å²) in [4.78, 5) is 4.96. The smallest absolute Gasteiger partial charge is 0.0746 e. The second kappa shape index (κ2) is 10.6. The van der Waals surface area contributed by atoms with Crippen LogP contribution in [-0.4, -0.2) is 4.98 Å². The number of hydrogen-bond donors (Lipinski definition) is 0. The largest absolute Gasteiger partial charge is 0.256 e. The average molecular weight is 626 g/mol. The van der Waals surface area contributed by atoms with E-state index in [1.165, 1.54) is 93.9 Å². The normalized spacial score (nSPS) is 13.4. The van der Waals surface area contributed by atoms with Crippen LogP contribution >= 0.6 is 0 Å². The molecule has 232 valence electrons. The Balaban J connectivity index is 1.28. The molecule has 0 saturated carbocycles. The van der Waals surface area contributed by atoms with Crippen LogP contribution in [0.25, 0.3) is 88.4 Å². The topological polar surface area (TPSA) is 12.9 Å². The lowest BCUT2D eigenvalue weighted by Gasteiger charge is -2.29. The maximum Gasteiger partial charge on any atom is 0.0746 e. The first-order valence-electron chi connectivity index (χ1n) is 17.6. The van der Waals surface area contributed by atoms with Gasteiger partial charge in [0.25, 0.3) is 0 Å². The Labute approximate surface area is 287 Å². The molecular weight excluding hydrogens is 591 g/mol. The van der Waals surface area contributed by atoms with E-state index >= 15 is 0 Å². The van der Waals surface area contributed by atoms with Crippen LogP contribution in [0.3, 0.4) is 0 Å². The standard InChI is InChI=1S/C48H35N/c1-3-48(4-2)40-27-24-32(29-39(40)47-41(48)23-14-28-49-47)33-25-26-38-44-34(33)21-13-22-37(44)45-42(30-15-7-5-8-16-30)35-19-11-12-20-36(35)43(46(38)45)31-17-9-6-10-18-31/h5-29H,3-4H2,1-2H3. The minimum Gasteiger partial charge on any atom is -0.256 e. The molecule has 1 heteroatoms. The SMILES string of the molecule is CCC1(CC)c2ccc(-c3ccc4c5c(cccc35)-c3c-4c(-c4ccccc4)c4ccccc4c3-c3ccccc3)cc2-c2ncccc21. The number of pyridine rings is 1. The quantitative estimate of drug-likeness (QED) is 0.185. The fourth-order valence-electron chi connectivity index (χ4n) is 9.35. The molecule has 0 bridgehead atoms. The second-order valence-corrected chi connectivity index (χ2v) is 13.6. The van der Waals surface area contributed by atoms with Crippen LogP contribution in [0.5, 0.6) is 0 Å². The monoisotopic (exact) mass is 625 g/mol. The summed E-state index contributed by atoms with van der Waals surface area (Å²) in [6.45, 7) is 4.64. The van der Waals surface area contributed by atoms with Gasteiger partial charge in [-0.3, -0.25) is 4.98 Å². The number of rotatable bonds is 5. The predicted octanol–water partition coefficient (Wildman–Crippen LogP) is 13.1. The Morgan fingerprint density at radius 2 is 1.02 bits per heavy atom. The number of nitrogens with zero attached hydrogens (tertiary/aromatic N) is 1. The van der Waals surface area contributed by atoms with Crippen molar-refractivity contribution >= 4 is 21.5 Å². The van der Waals surface area contributed by atoms with Crippen LogP contribution in [-0.2, 0) is 5.41 Å². The van der Waals surface area contributed by atoms with Gasteiger partial charge in [-0.2, -0.15) is 0 Å². The lowest BCUT2D eigenvalue weighted by Crippen LogP contribution is -2.23. The summed E-state index contributed by atoms with van der Waals surface area (Å²) in [7, 11) is 0. The van der Waals surface area contributed by atoms with Crippen molar-refractivity contribution in [1.29, 1.82) is 0 Å². The average Bonchev–Trinajstić information content (AvgIpc) is 3.65. The first-order chi connectivity index (χ1) is 24.2. The zero-order valence-corrected chi connectivity index (χ0v) is 27.8. The Morgan fingerprint density at radius 3 is 1.67 bits per heavy atom. The first kappa shape index (κ1) is 28.2. The van der Waals surface area contributed by atoms with Gasteiger partial charge < -0.3 is 0 Å². The predicted molar refractivity (Wildman–Crippen MR) is 207 cm³/mol. The van der Waals surface area contributed by atoms with Gasteiger partial charge in [-0.1, -0.05) is 147 Å². The van der Waals surface area contributed by atoms with Crippen molar-refractivity contribution in [3.63, 3.8) is 0 Å². The molecule has 1 nitrogen and oxygen atoms in total. The van der Waals surface area contributed by atoms with Crippen molar-refractivity contribution in [3.8, 4) is 66.9 Å². The summed E-state index contributed by atoms with van der Waals surface area (Å²) < 4.78 is 0. The minimum absolute atomic E-state index is 0.0186. The van der Waals surface area contributed by atoms with Crippen LogP contribution in [0.1, 0.15) is 37.8 Å². The zero-order chi connectivity index (χ0) is 32.7. The maximum absolute atomic E-state index is 4.96. The molecule has 0 aliphatic heterocycles. The van der Waals surface area contributed by atoms with E-state index in [2.05, 4.69) is 159 Å².